The summed E-state index contributed by atoms with van der Waals surface area (Å²) in [6.07, 6.45) is 8.22. The maximum absolute atomic E-state index is 12.4. The third-order valence-corrected chi connectivity index (χ3v) is 3.65. The summed E-state index contributed by atoms with van der Waals surface area (Å²) in [5.41, 5.74) is 0.281. The Morgan fingerprint density at radius 3 is 2.63 bits per heavy atom. The van der Waals surface area contributed by atoms with Gasteiger partial charge >= 0.3 is 0 Å². The van der Waals surface area contributed by atoms with E-state index >= 15 is 0 Å². The standard InChI is InChI=1S/C13H18ClN3O2/c14-12-9-15-11(8-16-12)13(19)17(6-7-18)10-4-2-1-3-5-10/h8-10,18H,1-7H2. The number of nitrogens with zero attached hydrogens (tertiary/aromatic N) is 3. The van der Waals surface area contributed by atoms with E-state index in [-0.39, 0.29) is 29.4 Å². The first-order chi connectivity index (χ1) is 9.22. The van der Waals surface area contributed by atoms with Gasteiger partial charge in [-0.3, -0.25) is 4.79 Å². The summed E-state index contributed by atoms with van der Waals surface area (Å²) in [7, 11) is 0. The number of aliphatic hydroxyl groups excluding tert-OH is 1. The number of hydrogen-bond acceptors (Lipinski definition) is 4. The molecule has 0 bridgehead atoms. The molecule has 0 radical (unpaired) electrons. The Hall–Kier alpha value is -1.20. The minimum absolute atomic E-state index is 0.0384. The van der Waals surface area contributed by atoms with Gasteiger partial charge in [0.25, 0.3) is 5.91 Å². The fourth-order valence-electron chi connectivity index (χ4n) is 2.52. The van der Waals surface area contributed by atoms with Gasteiger partial charge in [0.1, 0.15) is 10.8 Å². The lowest BCUT2D eigenvalue weighted by atomic mass is 9.94. The van der Waals surface area contributed by atoms with Crippen LogP contribution in [0.4, 0.5) is 0 Å². The Morgan fingerprint density at radius 1 is 1.32 bits per heavy atom. The summed E-state index contributed by atoms with van der Waals surface area (Å²) < 4.78 is 0. The van der Waals surface area contributed by atoms with Gasteiger partial charge in [-0.1, -0.05) is 30.9 Å². The molecular weight excluding hydrogens is 266 g/mol. The number of rotatable bonds is 4. The first-order valence-corrected chi connectivity index (χ1v) is 6.99. The summed E-state index contributed by atoms with van der Waals surface area (Å²) >= 11 is 5.67. The molecule has 0 aliphatic heterocycles. The van der Waals surface area contributed by atoms with E-state index in [4.69, 9.17) is 16.7 Å². The molecule has 2 rings (SSSR count). The van der Waals surface area contributed by atoms with Crippen LogP contribution in [0.1, 0.15) is 42.6 Å². The largest absolute Gasteiger partial charge is 0.395 e. The molecule has 19 heavy (non-hydrogen) atoms. The molecular formula is C13H18ClN3O2. The Bertz CT molecular complexity index is 418. The van der Waals surface area contributed by atoms with Gasteiger partial charge in [-0.2, -0.15) is 0 Å². The van der Waals surface area contributed by atoms with E-state index in [2.05, 4.69) is 9.97 Å². The van der Waals surface area contributed by atoms with Gasteiger partial charge in [-0.05, 0) is 12.8 Å². The highest BCUT2D eigenvalue weighted by molar-refractivity contribution is 6.29. The quantitative estimate of drug-likeness (QED) is 0.916. The Kier molecular flexibility index (Phi) is 5.10. The van der Waals surface area contributed by atoms with E-state index in [0.717, 1.165) is 25.7 Å². The molecule has 1 aromatic rings. The molecule has 1 heterocycles. The zero-order chi connectivity index (χ0) is 13.7. The molecule has 1 aliphatic rings. The fraction of sp³-hybridized carbons (Fsp3) is 0.615. The third-order valence-electron chi connectivity index (χ3n) is 3.46. The lowest BCUT2D eigenvalue weighted by molar-refractivity contribution is 0.0579. The molecule has 5 nitrogen and oxygen atoms in total. The number of hydrogen-bond donors (Lipinski definition) is 1. The van der Waals surface area contributed by atoms with Crippen molar-refractivity contribution in [2.75, 3.05) is 13.2 Å². The van der Waals surface area contributed by atoms with Crippen molar-refractivity contribution in [3.8, 4) is 0 Å². The monoisotopic (exact) mass is 283 g/mol. The van der Waals surface area contributed by atoms with Gasteiger partial charge < -0.3 is 10.0 Å². The van der Waals surface area contributed by atoms with Crippen molar-refractivity contribution in [1.29, 1.82) is 0 Å². The molecule has 0 unspecified atom stereocenters. The van der Waals surface area contributed by atoms with Gasteiger partial charge in [-0.15, -0.1) is 0 Å². The second-order valence-electron chi connectivity index (χ2n) is 4.74. The predicted octanol–water partition coefficient (Wildman–Crippen LogP) is 1.90. The molecule has 0 spiro atoms. The van der Waals surface area contributed by atoms with Crippen molar-refractivity contribution in [3.05, 3.63) is 23.2 Å². The van der Waals surface area contributed by atoms with Crippen LogP contribution in [-0.2, 0) is 0 Å². The van der Waals surface area contributed by atoms with Crippen molar-refractivity contribution in [2.45, 2.75) is 38.1 Å². The molecule has 104 valence electrons. The van der Waals surface area contributed by atoms with Gasteiger partial charge in [0.2, 0.25) is 0 Å². The fourth-order valence-corrected chi connectivity index (χ4v) is 2.62. The molecule has 1 saturated carbocycles. The number of aliphatic hydroxyl groups is 1. The van der Waals surface area contributed by atoms with E-state index in [9.17, 15) is 4.79 Å². The van der Waals surface area contributed by atoms with Crippen LogP contribution in [0.15, 0.2) is 12.4 Å². The maximum Gasteiger partial charge on any atom is 0.274 e. The van der Waals surface area contributed by atoms with Crippen LogP contribution in [0.3, 0.4) is 0 Å². The number of carbonyl (C=O) groups is 1. The van der Waals surface area contributed by atoms with Crippen LogP contribution in [0.5, 0.6) is 0 Å². The molecule has 1 amide bonds. The molecule has 1 aliphatic carbocycles. The van der Waals surface area contributed by atoms with E-state index in [1.807, 2.05) is 0 Å². The van der Waals surface area contributed by atoms with E-state index < -0.39 is 0 Å². The van der Waals surface area contributed by atoms with Crippen LogP contribution < -0.4 is 0 Å². The first kappa shape index (κ1) is 14.2. The zero-order valence-corrected chi connectivity index (χ0v) is 11.5. The second-order valence-corrected chi connectivity index (χ2v) is 5.13. The van der Waals surface area contributed by atoms with Crippen LogP contribution in [0, 0.1) is 0 Å². The normalized spacial score (nSPS) is 16.3. The van der Waals surface area contributed by atoms with Gasteiger partial charge in [0, 0.05) is 12.6 Å². The Labute approximate surface area is 117 Å². The van der Waals surface area contributed by atoms with E-state index in [0.29, 0.717) is 6.54 Å². The van der Waals surface area contributed by atoms with E-state index in [1.54, 1.807) is 4.90 Å². The van der Waals surface area contributed by atoms with Crippen molar-refractivity contribution >= 4 is 17.5 Å². The van der Waals surface area contributed by atoms with Gasteiger partial charge in [0.15, 0.2) is 0 Å². The summed E-state index contributed by atoms with van der Waals surface area (Å²) in [5.74, 6) is -0.176. The van der Waals surface area contributed by atoms with Crippen molar-refractivity contribution < 1.29 is 9.90 Å². The molecule has 0 atom stereocenters. The summed E-state index contributed by atoms with van der Waals surface area (Å²) in [6, 6.07) is 0.200. The second kappa shape index (κ2) is 6.82. The summed E-state index contributed by atoms with van der Waals surface area (Å²) in [4.78, 5) is 22.0. The average Bonchev–Trinajstić information content (AvgIpc) is 2.46. The predicted molar refractivity (Wildman–Crippen MR) is 72.0 cm³/mol. The number of amides is 1. The summed E-state index contributed by atoms with van der Waals surface area (Å²) in [6.45, 7) is 0.303. The Balaban J connectivity index is 2.13. The minimum Gasteiger partial charge on any atom is -0.395 e. The first-order valence-electron chi connectivity index (χ1n) is 6.61. The molecule has 1 fully saturated rings. The number of aromatic nitrogens is 2. The smallest absolute Gasteiger partial charge is 0.274 e. The molecule has 0 saturated heterocycles. The van der Waals surface area contributed by atoms with Gasteiger partial charge in [0.05, 0.1) is 19.0 Å². The van der Waals surface area contributed by atoms with Crippen LogP contribution in [0.2, 0.25) is 5.15 Å². The topological polar surface area (TPSA) is 66.3 Å². The number of carbonyl (C=O) groups excluding carboxylic acids is 1. The van der Waals surface area contributed by atoms with Crippen molar-refractivity contribution in [1.82, 2.24) is 14.9 Å². The summed E-state index contributed by atoms with van der Waals surface area (Å²) in [5, 5.41) is 9.42. The third kappa shape index (κ3) is 3.64. The molecule has 1 aromatic heterocycles. The maximum atomic E-state index is 12.4. The number of halogens is 1. The Morgan fingerprint density at radius 2 is 2.05 bits per heavy atom. The van der Waals surface area contributed by atoms with Crippen molar-refractivity contribution in [2.24, 2.45) is 0 Å². The highest BCUT2D eigenvalue weighted by Crippen LogP contribution is 2.23. The SMILES string of the molecule is O=C(c1cnc(Cl)cn1)N(CCO)C1CCCCC1. The average molecular weight is 284 g/mol. The van der Waals surface area contributed by atoms with Crippen LogP contribution in [-0.4, -0.2) is 45.1 Å². The van der Waals surface area contributed by atoms with Gasteiger partial charge in [-0.25, -0.2) is 9.97 Å². The zero-order valence-electron chi connectivity index (χ0n) is 10.8. The highest BCUT2D eigenvalue weighted by Gasteiger charge is 2.26. The lowest BCUT2D eigenvalue weighted by Gasteiger charge is -2.33. The molecule has 6 heteroatoms. The van der Waals surface area contributed by atoms with Crippen LogP contribution in [0.25, 0.3) is 0 Å². The van der Waals surface area contributed by atoms with Crippen molar-refractivity contribution in [3.63, 3.8) is 0 Å². The molecule has 1 N–H and O–H groups in total. The highest BCUT2D eigenvalue weighted by atomic mass is 35.5. The molecule has 0 aromatic carbocycles. The minimum atomic E-state index is -0.176. The lowest BCUT2D eigenvalue weighted by Crippen LogP contribution is -2.43. The van der Waals surface area contributed by atoms with E-state index in [1.165, 1.54) is 18.8 Å². The van der Waals surface area contributed by atoms with Crippen LogP contribution >= 0.6 is 11.6 Å².